The van der Waals surface area contributed by atoms with E-state index in [1.165, 1.54) is 11.0 Å². The van der Waals surface area contributed by atoms with Crippen LogP contribution in [0.3, 0.4) is 0 Å². The van der Waals surface area contributed by atoms with Crippen molar-refractivity contribution in [2.24, 2.45) is 11.7 Å². The first-order valence-corrected chi connectivity index (χ1v) is 10.8. The molecule has 13 heteroatoms. The standard InChI is InChI=1S/C23H21F4N5O4/c24-19-14(6-3-7-17(19)36-23(25,26)27)31-22(35)16-9-11-8-15(11)32(16)18(33)10-30-13-5-2-1-4-12(13)20(28)21(29)34/h1-7,11,15-16,28,30H,8-10H2,(H2,29,34)(H,31,35)/t11-,15-,16+/m1/s1. The molecule has 0 aromatic heterocycles. The van der Waals surface area contributed by atoms with Crippen LogP contribution < -0.4 is 21.1 Å². The summed E-state index contributed by atoms with van der Waals surface area (Å²) in [4.78, 5) is 38.7. The Bertz CT molecular complexity index is 1240. The first kappa shape index (κ1) is 24.9. The van der Waals surface area contributed by atoms with Crippen molar-refractivity contribution in [3.05, 3.63) is 53.8 Å². The maximum atomic E-state index is 14.5. The lowest BCUT2D eigenvalue weighted by Crippen LogP contribution is -2.47. The monoisotopic (exact) mass is 507 g/mol. The molecule has 0 unspecified atom stereocenters. The van der Waals surface area contributed by atoms with Gasteiger partial charge < -0.3 is 26.0 Å². The Morgan fingerprint density at radius 1 is 1.08 bits per heavy atom. The quantitative estimate of drug-likeness (QED) is 0.322. The summed E-state index contributed by atoms with van der Waals surface area (Å²) >= 11 is 0. The molecule has 5 N–H and O–H groups in total. The number of rotatable bonds is 8. The topological polar surface area (TPSA) is 138 Å². The Labute approximate surface area is 202 Å². The highest BCUT2D eigenvalue weighted by molar-refractivity contribution is 6.44. The van der Waals surface area contributed by atoms with E-state index in [0.29, 0.717) is 18.5 Å². The Kier molecular flexibility index (Phi) is 6.57. The summed E-state index contributed by atoms with van der Waals surface area (Å²) in [6, 6.07) is 8.13. The minimum Gasteiger partial charge on any atom is -0.403 e. The van der Waals surface area contributed by atoms with E-state index in [1.807, 2.05) is 0 Å². The number of anilines is 2. The number of halogens is 4. The molecule has 190 valence electrons. The highest BCUT2D eigenvalue weighted by atomic mass is 19.4. The van der Waals surface area contributed by atoms with Crippen molar-refractivity contribution >= 4 is 34.8 Å². The molecule has 3 amide bonds. The first-order valence-electron chi connectivity index (χ1n) is 10.8. The molecule has 4 rings (SSSR count). The largest absolute Gasteiger partial charge is 0.573 e. The maximum absolute atomic E-state index is 14.5. The van der Waals surface area contributed by atoms with Gasteiger partial charge >= 0.3 is 6.36 Å². The molecule has 1 saturated carbocycles. The Balaban J connectivity index is 1.45. The number of amides is 3. The summed E-state index contributed by atoms with van der Waals surface area (Å²) in [6.45, 7) is -0.265. The van der Waals surface area contributed by atoms with E-state index in [9.17, 15) is 31.9 Å². The number of benzene rings is 2. The molecule has 2 aromatic carbocycles. The van der Waals surface area contributed by atoms with Gasteiger partial charge in [0.05, 0.1) is 12.2 Å². The third kappa shape index (κ3) is 5.24. The van der Waals surface area contributed by atoms with Crippen molar-refractivity contribution < 1.29 is 36.7 Å². The predicted octanol–water partition coefficient (Wildman–Crippen LogP) is 2.62. The van der Waals surface area contributed by atoms with Crippen LogP contribution in [0.1, 0.15) is 18.4 Å². The van der Waals surface area contributed by atoms with Crippen LogP contribution in [0.15, 0.2) is 42.5 Å². The van der Waals surface area contributed by atoms with Crippen LogP contribution in [0.2, 0.25) is 0 Å². The van der Waals surface area contributed by atoms with E-state index in [4.69, 9.17) is 11.1 Å². The zero-order valence-electron chi connectivity index (χ0n) is 18.6. The van der Waals surface area contributed by atoms with Gasteiger partial charge in [-0.15, -0.1) is 13.2 Å². The molecule has 0 spiro atoms. The smallest absolute Gasteiger partial charge is 0.403 e. The normalized spacial score (nSPS) is 20.3. The number of ether oxygens (including phenoxy) is 1. The number of para-hydroxylation sites is 1. The molecule has 1 saturated heterocycles. The molecule has 1 aliphatic heterocycles. The fraction of sp³-hybridized carbons (Fsp3) is 0.304. The molecule has 2 aromatic rings. The molecular weight excluding hydrogens is 486 g/mol. The second kappa shape index (κ2) is 9.47. The summed E-state index contributed by atoms with van der Waals surface area (Å²) in [6.07, 6.45) is -4.09. The van der Waals surface area contributed by atoms with Crippen LogP contribution in [0.5, 0.6) is 5.75 Å². The van der Waals surface area contributed by atoms with Gasteiger partial charge in [0.1, 0.15) is 11.8 Å². The number of alkyl halides is 3. The maximum Gasteiger partial charge on any atom is 0.573 e. The molecule has 2 fully saturated rings. The minimum atomic E-state index is -5.11. The summed E-state index contributed by atoms with van der Waals surface area (Å²) in [7, 11) is 0. The summed E-state index contributed by atoms with van der Waals surface area (Å²) < 4.78 is 55.6. The van der Waals surface area contributed by atoms with Crippen LogP contribution in [-0.2, 0) is 14.4 Å². The van der Waals surface area contributed by atoms with Crippen LogP contribution in [0.4, 0.5) is 28.9 Å². The van der Waals surface area contributed by atoms with E-state index in [1.54, 1.807) is 18.2 Å². The highest BCUT2D eigenvalue weighted by Gasteiger charge is 2.56. The molecular formula is C23H21F4N5O4. The van der Waals surface area contributed by atoms with Crippen molar-refractivity contribution in [3.63, 3.8) is 0 Å². The van der Waals surface area contributed by atoms with Gasteiger partial charge in [0.25, 0.3) is 5.91 Å². The zero-order chi connectivity index (χ0) is 26.2. The van der Waals surface area contributed by atoms with Gasteiger partial charge in [-0.05, 0) is 37.0 Å². The number of carbonyl (C=O) groups excluding carboxylic acids is 3. The van der Waals surface area contributed by atoms with Crippen LogP contribution in [0, 0.1) is 17.1 Å². The highest BCUT2D eigenvalue weighted by Crippen LogP contribution is 2.48. The summed E-state index contributed by atoms with van der Waals surface area (Å²) in [5.74, 6) is -4.52. The molecule has 2 aliphatic rings. The van der Waals surface area contributed by atoms with E-state index in [2.05, 4.69) is 15.4 Å². The number of likely N-dealkylation sites (tertiary alicyclic amines) is 1. The van der Waals surface area contributed by atoms with E-state index >= 15 is 0 Å². The summed E-state index contributed by atoms with van der Waals surface area (Å²) in [5.41, 5.74) is 4.76. The third-order valence-corrected chi connectivity index (χ3v) is 6.01. The summed E-state index contributed by atoms with van der Waals surface area (Å²) in [5, 5.41) is 12.9. The number of piperidine rings is 1. The lowest BCUT2D eigenvalue weighted by Gasteiger charge is -2.27. The van der Waals surface area contributed by atoms with Crippen molar-refractivity contribution in [3.8, 4) is 5.75 Å². The van der Waals surface area contributed by atoms with Gasteiger partial charge in [0.15, 0.2) is 11.6 Å². The molecule has 0 bridgehead atoms. The third-order valence-electron chi connectivity index (χ3n) is 6.01. The predicted molar refractivity (Wildman–Crippen MR) is 120 cm³/mol. The lowest BCUT2D eigenvalue weighted by atomic mass is 10.1. The van der Waals surface area contributed by atoms with E-state index in [-0.39, 0.29) is 24.1 Å². The van der Waals surface area contributed by atoms with Crippen LogP contribution in [-0.4, -0.2) is 53.3 Å². The second-order valence-corrected chi connectivity index (χ2v) is 8.41. The van der Waals surface area contributed by atoms with Crippen molar-refractivity contribution in [2.75, 3.05) is 17.2 Å². The van der Waals surface area contributed by atoms with Gasteiger partial charge in [-0.2, -0.15) is 0 Å². The number of nitrogens with zero attached hydrogens (tertiary/aromatic N) is 1. The van der Waals surface area contributed by atoms with Gasteiger partial charge in [-0.3, -0.25) is 19.8 Å². The minimum absolute atomic E-state index is 0.0877. The zero-order valence-corrected chi connectivity index (χ0v) is 18.6. The molecule has 3 atom stereocenters. The van der Waals surface area contributed by atoms with Crippen LogP contribution >= 0.6 is 0 Å². The van der Waals surface area contributed by atoms with Crippen molar-refractivity contribution in [1.29, 1.82) is 5.41 Å². The Hall–Kier alpha value is -4.16. The average molecular weight is 507 g/mol. The van der Waals surface area contributed by atoms with Gasteiger partial charge in [-0.1, -0.05) is 24.3 Å². The molecule has 9 nitrogen and oxygen atoms in total. The fourth-order valence-electron chi connectivity index (χ4n) is 4.33. The molecule has 0 radical (unpaired) electrons. The van der Waals surface area contributed by atoms with Gasteiger partial charge in [0.2, 0.25) is 11.8 Å². The molecule has 36 heavy (non-hydrogen) atoms. The number of primary amides is 1. The van der Waals surface area contributed by atoms with Crippen molar-refractivity contribution in [1.82, 2.24) is 4.90 Å². The fourth-order valence-corrected chi connectivity index (χ4v) is 4.33. The Morgan fingerprint density at radius 3 is 2.47 bits per heavy atom. The average Bonchev–Trinajstić information content (AvgIpc) is 3.47. The number of nitrogens with two attached hydrogens (primary N) is 1. The molecule has 1 aliphatic carbocycles. The SMILES string of the molecule is N=C(C(N)=O)c1ccccc1NCC(=O)N1[C@@H]2C[C@@H]2C[C@H]1C(=O)Nc1cccc(OC(F)(F)F)c1F. The van der Waals surface area contributed by atoms with Crippen LogP contribution in [0.25, 0.3) is 0 Å². The van der Waals surface area contributed by atoms with Gasteiger partial charge in [0, 0.05) is 17.3 Å². The number of fused-ring (bicyclic) bond motifs is 1. The lowest BCUT2D eigenvalue weighted by molar-refractivity contribution is -0.275. The van der Waals surface area contributed by atoms with E-state index < -0.39 is 53.1 Å². The van der Waals surface area contributed by atoms with Gasteiger partial charge in [-0.25, -0.2) is 4.39 Å². The number of hydrogen-bond acceptors (Lipinski definition) is 6. The van der Waals surface area contributed by atoms with Crippen molar-refractivity contribution in [2.45, 2.75) is 31.3 Å². The van der Waals surface area contributed by atoms with E-state index in [0.717, 1.165) is 18.2 Å². The number of nitrogens with one attached hydrogen (secondary N) is 3. The number of hydrogen-bond donors (Lipinski definition) is 4. The Morgan fingerprint density at radius 2 is 1.78 bits per heavy atom. The molecule has 1 heterocycles. The number of carbonyl (C=O) groups is 3. The second-order valence-electron chi connectivity index (χ2n) is 8.41. The first-order chi connectivity index (χ1) is 17.0.